The quantitative estimate of drug-likeness (QED) is 0.847. The van der Waals surface area contributed by atoms with E-state index in [2.05, 4.69) is 14.9 Å². The molecule has 5 heteroatoms. The van der Waals surface area contributed by atoms with Crippen LogP contribution in [0.2, 0.25) is 0 Å². The molecule has 0 aromatic carbocycles. The summed E-state index contributed by atoms with van der Waals surface area (Å²) in [5.74, 6) is 2.36. The smallest absolute Gasteiger partial charge is 0.182 e. The summed E-state index contributed by atoms with van der Waals surface area (Å²) in [5.41, 5.74) is 6.59. The Hall–Kier alpha value is -1.36. The molecule has 1 fully saturated rings. The van der Waals surface area contributed by atoms with Crippen LogP contribution in [0.15, 0.2) is 6.33 Å². The van der Waals surface area contributed by atoms with Gasteiger partial charge >= 0.3 is 0 Å². The van der Waals surface area contributed by atoms with Gasteiger partial charge in [0.2, 0.25) is 0 Å². The van der Waals surface area contributed by atoms with Crippen LogP contribution >= 0.6 is 0 Å². The van der Waals surface area contributed by atoms with Gasteiger partial charge in [-0.25, -0.2) is 9.97 Å². The van der Waals surface area contributed by atoms with Crippen molar-refractivity contribution in [3.05, 3.63) is 12.0 Å². The number of methoxy groups -OCH3 is 1. The summed E-state index contributed by atoms with van der Waals surface area (Å²) < 4.78 is 5.39. The van der Waals surface area contributed by atoms with Crippen molar-refractivity contribution in [2.24, 2.45) is 11.7 Å². The van der Waals surface area contributed by atoms with Gasteiger partial charge < -0.3 is 15.4 Å². The van der Waals surface area contributed by atoms with Crippen molar-refractivity contribution in [1.29, 1.82) is 0 Å². The molecule has 1 saturated heterocycles. The molecule has 1 aromatic rings. The molecule has 2 rings (SSSR count). The molecule has 0 spiro atoms. The fourth-order valence-corrected chi connectivity index (χ4v) is 2.29. The predicted molar refractivity (Wildman–Crippen MR) is 67.3 cm³/mol. The molecule has 0 unspecified atom stereocenters. The van der Waals surface area contributed by atoms with Gasteiger partial charge in [-0.3, -0.25) is 0 Å². The lowest BCUT2D eigenvalue weighted by Crippen LogP contribution is -2.36. The SMILES string of the molecule is COc1c(C)ncnc1N1CCC(CN)CC1. The number of piperidine rings is 1. The summed E-state index contributed by atoms with van der Waals surface area (Å²) in [6.07, 6.45) is 3.85. The van der Waals surface area contributed by atoms with Crippen LogP contribution in [0.1, 0.15) is 18.5 Å². The number of aromatic nitrogens is 2. The number of aryl methyl sites for hydroxylation is 1. The van der Waals surface area contributed by atoms with Crippen molar-refractivity contribution < 1.29 is 4.74 Å². The van der Waals surface area contributed by atoms with Crippen LogP contribution in [0, 0.1) is 12.8 Å². The van der Waals surface area contributed by atoms with Gasteiger partial charge in [-0.05, 0) is 32.2 Å². The molecule has 94 valence electrons. The minimum absolute atomic E-state index is 0.653. The van der Waals surface area contributed by atoms with Crippen LogP contribution in [0.4, 0.5) is 5.82 Å². The van der Waals surface area contributed by atoms with Gasteiger partial charge in [0.15, 0.2) is 11.6 Å². The lowest BCUT2D eigenvalue weighted by Gasteiger charge is -2.32. The molecule has 1 aliphatic heterocycles. The van der Waals surface area contributed by atoms with Crippen molar-refractivity contribution in [3.8, 4) is 5.75 Å². The molecule has 0 saturated carbocycles. The molecule has 0 radical (unpaired) electrons. The lowest BCUT2D eigenvalue weighted by atomic mass is 9.97. The average Bonchev–Trinajstić information content (AvgIpc) is 2.38. The number of nitrogens with zero attached hydrogens (tertiary/aromatic N) is 3. The molecule has 2 N–H and O–H groups in total. The van der Waals surface area contributed by atoms with Crippen molar-refractivity contribution in [3.63, 3.8) is 0 Å². The molecule has 0 amide bonds. The molecular weight excluding hydrogens is 216 g/mol. The third kappa shape index (κ3) is 2.49. The number of ether oxygens (including phenoxy) is 1. The van der Waals surface area contributed by atoms with Gasteiger partial charge in [-0.1, -0.05) is 0 Å². The normalized spacial score (nSPS) is 17.2. The molecular formula is C12H20N4O. The van der Waals surface area contributed by atoms with Crippen LogP contribution in [-0.4, -0.2) is 36.7 Å². The average molecular weight is 236 g/mol. The Morgan fingerprint density at radius 2 is 2.12 bits per heavy atom. The first-order valence-corrected chi connectivity index (χ1v) is 6.07. The second-order valence-electron chi connectivity index (χ2n) is 4.48. The van der Waals surface area contributed by atoms with E-state index in [1.807, 2.05) is 6.92 Å². The van der Waals surface area contributed by atoms with E-state index in [4.69, 9.17) is 10.5 Å². The minimum atomic E-state index is 0.653. The fraction of sp³-hybridized carbons (Fsp3) is 0.667. The van der Waals surface area contributed by atoms with Gasteiger partial charge in [0.25, 0.3) is 0 Å². The Labute approximate surface area is 102 Å². The molecule has 5 nitrogen and oxygen atoms in total. The summed E-state index contributed by atoms with van der Waals surface area (Å²) in [6.45, 7) is 4.72. The van der Waals surface area contributed by atoms with Crippen LogP contribution in [0.3, 0.4) is 0 Å². The van der Waals surface area contributed by atoms with Crippen LogP contribution in [0.25, 0.3) is 0 Å². The molecule has 0 atom stereocenters. The van der Waals surface area contributed by atoms with E-state index in [-0.39, 0.29) is 0 Å². The van der Waals surface area contributed by atoms with Gasteiger partial charge in [0.05, 0.1) is 12.8 Å². The lowest BCUT2D eigenvalue weighted by molar-refractivity contribution is 0.390. The molecule has 2 heterocycles. The van der Waals surface area contributed by atoms with E-state index in [1.54, 1.807) is 13.4 Å². The summed E-state index contributed by atoms with van der Waals surface area (Å²) in [5, 5.41) is 0. The Kier molecular flexibility index (Phi) is 3.78. The Balaban J connectivity index is 2.15. The van der Waals surface area contributed by atoms with Crippen LogP contribution in [-0.2, 0) is 0 Å². The van der Waals surface area contributed by atoms with Gasteiger partial charge in [0, 0.05) is 13.1 Å². The molecule has 0 bridgehead atoms. The van der Waals surface area contributed by atoms with E-state index >= 15 is 0 Å². The Morgan fingerprint density at radius 3 is 2.71 bits per heavy atom. The van der Waals surface area contributed by atoms with E-state index in [0.29, 0.717) is 5.92 Å². The third-order valence-electron chi connectivity index (χ3n) is 3.41. The molecule has 1 aliphatic rings. The standard InChI is InChI=1S/C12H20N4O/c1-9-11(17-2)12(15-8-14-9)16-5-3-10(7-13)4-6-16/h8,10H,3-7,13H2,1-2H3. The van der Waals surface area contributed by atoms with Gasteiger partial charge in [-0.15, -0.1) is 0 Å². The second kappa shape index (κ2) is 5.31. The highest BCUT2D eigenvalue weighted by Crippen LogP contribution is 2.30. The second-order valence-corrected chi connectivity index (χ2v) is 4.48. The maximum atomic E-state index is 5.70. The summed E-state index contributed by atoms with van der Waals surface area (Å²) in [4.78, 5) is 10.8. The zero-order valence-corrected chi connectivity index (χ0v) is 10.5. The largest absolute Gasteiger partial charge is 0.491 e. The zero-order chi connectivity index (χ0) is 12.3. The Bertz CT molecular complexity index is 375. The van der Waals surface area contributed by atoms with Crippen molar-refractivity contribution in [2.75, 3.05) is 31.6 Å². The highest BCUT2D eigenvalue weighted by Gasteiger charge is 2.22. The molecule has 17 heavy (non-hydrogen) atoms. The number of hydrogen-bond acceptors (Lipinski definition) is 5. The zero-order valence-electron chi connectivity index (χ0n) is 10.5. The van der Waals surface area contributed by atoms with Crippen molar-refractivity contribution in [2.45, 2.75) is 19.8 Å². The number of rotatable bonds is 3. The molecule has 0 aliphatic carbocycles. The maximum Gasteiger partial charge on any atom is 0.182 e. The highest BCUT2D eigenvalue weighted by molar-refractivity contribution is 5.54. The van der Waals surface area contributed by atoms with Gasteiger partial charge in [0.1, 0.15) is 6.33 Å². The summed E-state index contributed by atoms with van der Waals surface area (Å²) >= 11 is 0. The summed E-state index contributed by atoms with van der Waals surface area (Å²) in [7, 11) is 1.67. The maximum absolute atomic E-state index is 5.70. The highest BCUT2D eigenvalue weighted by atomic mass is 16.5. The van der Waals surface area contributed by atoms with Crippen molar-refractivity contribution in [1.82, 2.24) is 9.97 Å². The van der Waals surface area contributed by atoms with E-state index in [1.165, 1.54) is 0 Å². The van der Waals surface area contributed by atoms with E-state index < -0.39 is 0 Å². The summed E-state index contributed by atoms with van der Waals surface area (Å²) in [6, 6.07) is 0. The van der Waals surface area contributed by atoms with Crippen LogP contribution < -0.4 is 15.4 Å². The topological polar surface area (TPSA) is 64.3 Å². The molecule has 1 aromatic heterocycles. The first-order valence-electron chi connectivity index (χ1n) is 6.07. The Morgan fingerprint density at radius 1 is 1.41 bits per heavy atom. The van der Waals surface area contributed by atoms with Crippen molar-refractivity contribution >= 4 is 5.82 Å². The minimum Gasteiger partial charge on any atom is -0.491 e. The number of anilines is 1. The van der Waals surface area contributed by atoms with Gasteiger partial charge in [-0.2, -0.15) is 0 Å². The first kappa shape index (κ1) is 12.1. The van der Waals surface area contributed by atoms with Crippen LogP contribution in [0.5, 0.6) is 5.75 Å². The third-order valence-corrected chi connectivity index (χ3v) is 3.41. The first-order chi connectivity index (χ1) is 8.26. The number of hydrogen-bond donors (Lipinski definition) is 1. The van der Waals surface area contributed by atoms with E-state index in [9.17, 15) is 0 Å². The number of nitrogens with two attached hydrogens (primary N) is 1. The van der Waals surface area contributed by atoms with E-state index in [0.717, 1.165) is 49.7 Å². The fourth-order valence-electron chi connectivity index (χ4n) is 2.29. The monoisotopic (exact) mass is 236 g/mol. The predicted octanol–water partition coefficient (Wildman–Crippen LogP) is 0.969.